The number of hydrogen-bond acceptors (Lipinski definition) is 4. The number of benzene rings is 1. The Labute approximate surface area is 134 Å². The SMILES string of the molecule is COCCCCOC(=O)c1cnn(Cc2ccccc2Cl)c1. The Balaban J connectivity index is 1.85. The van der Waals surface area contributed by atoms with Crippen molar-refractivity contribution in [3.8, 4) is 0 Å². The van der Waals surface area contributed by atoms with E-state index in [0.717, 1.165) is 18.4 Å². The first-order valence-corrected chi connectivity index (χ1v) is 7.50. The molecule has 0 radical (unpaired) electrons. The van der Waals surface area contributed by atoms with E-state index in [1.807, 2.05) is 24.3 Å². The highest BCUT2D eigenvalue weighted by Crippen LogP contribution is 2.16. The van der Waals surface area contributed by atoms with Crippen LogP contribution in [0.15, 0.2) is 36.7 Å². The van der Waals surface area contributed by atoms with Crippen molar-refractivity contribution in [1.82, 2.24) is 9.78 Å². The third-order valence-electron chi connectivity index (χ3n) is 3.14. The van der Waals surface area contributed by atoms with Crippen LogP contribution in [-0.4, -0.2) is 36.1 Å². The van der Waals surface area contributed by atoms with Gasteiger partial charge in [0.25, 0.3) is 0 Å². The molecule has 0 saturated heterocycles. The normalized spacial score (nSPS) is 10.6. The molecule has 6 heteroatoms. The Morgan fingerprint density at radius 3 is 2.82 bits per heavy atom. The lowest BCUT2D eigenvalue weighted by Gasteiger charge is -2.04. The minimum atomic E-state index is -0.358. The minimum Gasteiger partial charge on any atom is -0.462 e. The average Bonchev–Trinajstić information content (AvgIpc) is 2.98. The van der Waals surface area contributed by atoms with Crippen LogP contribution >= 0.6 is 11.6 Å². The second kappa shape index (κ2) is 8.56. The van der Waals surface area contributed by atoms with Crippen molar-refractivity contribution < 1.29 is 14.3 Å². The molecule has 1 aromatic heterocycles. The van der Waals surface area contributed by atoms with Crippen LogP contribution in [0.4, 0.5) is 0 Å². The van der Waals surface area contributed by atoms with Gasteiger partial charge in [-0.05, 0) is 24.5 Å². The summed E-state index contributed by atoms with van der Waals surface area (Å²) < 4.78 is 11.8. The number of hydrogen-bond donors (Lipinski definition) is 0. The van der Waals surface area contributed by atoms with Crippen molar-refractivity contribution in [2.45, 2.75) is 19.4 Å². The van der Waals surface area contributed by atoms with E-state index in [1.165, 1.54) is 6.20 Å². The minimum absolute atomic E-state index is 0.358. The molecule has 0 saturated carbocycles. The first-order chi connectivity index (χ1) is 10.7. The van der Waals surface area contributed by atoms with Gasteiger partial charge in [0.15, 0.2) is 0 Å². The molecule has 0 unspecified atom stereocenters. The van der Waals surface area contributed by atoms with E-state index in [0.29, 0.717) is 30.3 Å². The standard InChI is InChI=1S/C16H19ClN2O3/c1-21-8-4-5-9-22-16(20)14-10-18-19(12-14)11-13-6-2-3-7-15(13)17/h2-3,6-7,10,12H,4-5,8-9,11H2,1H3. The number of ether oxygens (including phenoxy) is 2. The van der Waals surface area contributed by atoms with Gasteiger partial charge in [0.2, 0.25) is 0 Å². The lowest BCUT2D eigenvalue weighted by molar-refractivity contribution is 0.0489. The van der Waals surface area contributed by atoms with Crippen molar-refractivity contribution in [2.24, 2.45) is 0 Å². The van der Waals surface area contributed by atoms with Crippen LogP contribution in [0, 0.1) is 0 Å². The highest BCUT2D eigenvalue weighted by atomic mass is 35.5. The summed E-state index contributed by atoms with van der Waals surface area (Å²) in [5.41, 5.74) is 1.39. The van der Waals surface area contributed by atoms with Crippen LogP contribution in [0.5, 0.6) is 0 Å². The Morgan fingerprint density at radius 1 is 1.27 bits per heavy atom. The fourth-order valence-corrected chi connectivity index (χ4v) is 2.15. The van der Waals surface area contributed by atoms with Crippen molar-refractivity contribution in [1.29, 1.82) is 0 Å². The van der Waals surface area contributed by atoms with Gasteiger partial charge in [-0.1, -0.05) is 29.8 Å². The van der Waals surface area contributed by atoms with Gasteiger partial charge in [-0.15, -0.1) is 0 Å². The third-order valence-corrected chi connectivity index (χ3v) is 3.50. The van der Waals surface area contributed by atoms with Gasteiger partial charge in [0.1, 0.15) is 0 Å². The van der Waals surface area contributed by atoms with Crippen molar-refractivity contribution in [3.05, 3.63) is 52.8 Å². The fraction of sp³-hybridized carbons (Fsp3) is 0.375. The van der Waals surface area contributed by atoms with Crippen LogP contribution < -0.4 is 0 Å². The molecule has 0 atom stereocenters. The van der Waals surface area contributed by atoms with Gasteiger partial charge in [-0.3, -0.25) is 4.68 Å². The molecule has 0 aliphatic rings. The second-order valence-electron chi connectivity index (χ2n) is 4.85. The molecule has 2 aromatic rings. The molecule has 5 nitrogen and oxygen atoms in total. The van der Waals surface area contributed by atoms with Crippen LogP contribution in [0.3, 0.4) is 0 Å². The molecule has 1 aromatic carbocycles. The number of unbranched alkanes of at least 4 members (excludes halogenated alkanes) is 1. The third kappa shape index (κ3) is 4.86. The van der Waals surface area contributed by atoms with Gasteiger partial charge in [0, 0.05) is 24.9 Å². The number of halogens is 1. The van der Waals surface area contributed by atoms with Crippen LogP contribution in [0.25, 0.3) is 0 Å². The summed E-state index contributed by atoms with van der Waals surface area (Å²) in [5.74, 6) is -0.358. The van der Waals surface area contributed by atoms with Crippen molar-refractivity contribution >= 4 is 17.6 Å². The number of carbonyl (C=O) groups is 1. The Bertz CT molecular complexity index is 613. The molecule has 22 heavy (non-hydrogen) atoms. The zero-order valence-electron chi connectivity index (χ0n) is 12.5. The number of aromatic nitrogens is 2. The quantitative estimate of drug-likeness (QED) is 0.553. The van der Waals surface area contributed by atoms with Crippen LogP contribution in [-0.2, 0) is 16.0 Å². The molecule has 1 heterocycles. The number of esters is 1. The maximum Gasteiger partial charge on any atom is 0.341 e. The Hall–Kier alpha value is -1.85. The molecule has 118 valence electrons. The average molecular weight is 323 g/mol. The Morgan fingerprint density at radius 2 is 2.05 bits per heavy atom. The van der Waals surface area contributed by atoms with E-state index in [9.17, 15) is 4.79 Å². The summed E-state index contributed by atoms with van der Waals surface area (Å²) in [7, 11) is 1.65. The lowest BCUT2D eigenvalue weighted by atomic mass is 10.2. The van der Waals surface area contributed by atoms with Crippen molar-refractivity contribution in [2.75, 3.05) is 20.3 Å². The van der Waals surface area contributed by atoms with E-state index >= 15 is 0 Å². The number of methoxy groups -OCH3 is 1. The summed E-state index contributed by atoms with van der Waals surface area (Å²) in [6.45, 7) is 1.58. The molecular formula is C16H19ClN2O3. The first-order valence-electron chi connectivity index (χ1n) is 7.12. The first kappa shape index (κ1) is 16.5. The zero-order valence-corrected chi connectivity index (χ0v) is 13.3. The Kier molecular flexibility index (Phi) is 6.43. The highest BCUT2D eigenvalue weighted by molar-refractivity contribution is 6.31. The predicted octanol–water partition coefficient (Wildman–Crippen LogP) is 3.17. The predicted molar refractivity (Wildman–Crippen MR) is 84.2 cm³/mol. The topological polar surface area (TPSA) is 53.4 Å². The van der Waals surface area contributed by atoms with Gasteiger partial charge < -0.3 is 9.47 Å². The second-order valence-corrected chi connectivity index (χ2v) is 5.26. The van der Waals surface area contributed by atoms with Gasteiger partial charge >= 0.3 is 5.97 Å². The van der Waals surface area contributed by atoms with E-state index in [2.05, 4.69) is 5.10 Å². The number of rotatable bonds is 8. The summed E-state index contributed by atoms with van der Waals surface area (Å²) in [6, 6.07) is 7.55. The molecule has 0 amide bonds. The largest absolute Gasteiger partial charge is 0.462 e. The van der Waals surface area contributed by atoms with Gasteiger partial charge in [-0.2, -0.15) is 5.10 Å². The molecule has 0 spiro atoms. The van der Waals surface area contributed by atoms with Crippen LogP contribution in [0.2, 0.25) is 5.02 Å². The molecule has 0 N–H and O–H groups in total. The van der Waals surface area contributed by atoms with Gasteiger partial charge in [-0.25, -0.2) is 4.79 Å². The molecule has 2 rings (SSSR count). The summed E-state index contributed by atoms with van der Waals surface area (Å²) in [6.07, 6.45) is 4.83. The molecule has 0 bridgehead atoms. The maximum atomic E-state index is 11.9. The van der Waals surface area contributed by atoms with E-state index in [-0.39, 0.29) is 5.97 Å². The monoisotopic (exact) mass is 322 g/mol. The van der Waals surface area contributed by atoms with E-state index < -0.39 is 0 Å². The summed E-state index contributed by atoms with van der Waals surface area (Å²) in [4.78, 5) is 11.9. The van der Waals surface area contributed by atoms with Gasteiger partial charge in [0.05, 0.1) is 24.9 Å². The fourth-order valence-electron chi connectivity index (χ4n) is 1.95. The molecular weight excluding hydrogens is 304 g/mol. The highest BCUT2D eigenvalue weighted by Gasteiger charge is 2.10. The van der Waals surface area contributed by atoms with Crippen LogP contribution in [0.1, 0.15) is 28.8 Å². The molecule has 0 fully saturated rings. The smallest absolute Gasteiger partial charge is 0.341 e. The summed E-state index contributed by atoms with van der Waals surface area (Å²) >= 11 is 6.11. The summed E-state index contributed by atoms with van der Waals surface area (Å²) in [5, 5.41) is 4.85. The van der Waals surface area contributed by atoms with E-state index in [1.54, 1.807) is 18.0 Å². The van der Waals surface area contributed by atoms with Crippen molar-refractivity contribution in [3.63, 3.8) is 0 Å². The maximum absolute atomic E-state index is 11.9. The van der Waals surface area contributed by atoms with E-state index in [4.69, 9.17) is 21.1 Å². The molecule has 0 aliphatic carbocycles. The zero-order chi connectivity index (χ0) is 15.8. The number of carbonyl (C=O) groups excluding carboxylic acids is 1. The number of nitrogens with zero attached hydrogens (tertiary/aromatic N) is 2. The molecule has 0 aliphatic heterocycles. The lowest BCUT2D eigenvalue weighted by Crippen LogP contribution is -2.06.